The molecular formula is C22H13BrF2N4O3. The van der Waals surface area contributed by atoms with E-state index in [-0.39, 0.29) is 17.2 Å². The van der Waals surface area contributed by atoms with Gasteiger partial charge in [-0.15, -0.1) is 8.78 Å². The fraction of sp³-hybridized carbons (Fsp3) is 0.136. The van der Waals surface area contributed by atoms with Crippen molar-refractivity contribution in [2.45, 2.75) is 20.1 Å². The predicted molar refractivity (Wildman–Crippen MR) is 113 cm³/mol. The maximum atomic E-state index is 13.5. The third-order valence-electron chi connectivity index (χ3n) is 4.87. The van der Waals surface area contributed by atoms with E-state index >= 15 is 0 Å². The lowest BCUT2D eigenvalue weighted by Gasteiger charge is -2.12. The molecule has 4 aromatic rings. The number of ether oxygens (including phenoxy) is 2. The van der Waals surface area contributed by atoms with E-state index in [9.17, 15) is 14.0 Å². The Morgan fingerprint density at radius 3 is 2.59 bits per heavy atom. The molecule has 0 saturated heterocycles. The van der Waals surface area contributed by atoms with Crippen LogP contribution < -0.4 is 9.47 Å². The number of nitriles is 1. The van der Waals surface area contributed by atoms with Crippen molar-refractivity contribution in [2.75, 3.05) is 0 Å². The number of benzene rings is 2. The van der Waals surface area contributed by atoms with Gasteiger partial charge in [0.15, 0.2) is 28.8 Å². The molecule has 7 nitrogen and oxygen atoms in total. The van der Waals surface area contributed by atoms with Crippen molar-refractivity contribution in [1.82, 2.24) is 14.5 Å². The van der Waals surface area contributed by atoms with E-state index in [2.05, 4.69) is 35.4 Å². The predicted octanol–water partition coefficient (Wildman–Crippen LogP) is 5.77. The molecule has 0 atom stereocenters. The molecule has 0 spiro atoms. The molecule has 160 valence electrons. The summed E-state index contributed by atoms with van der Waals surface area (Å²) >= 11 is 3.49. The second-order valence-electron chi connectivity index (χ2n) is 7.06. The lowest BCUT2D eigenvalue weighted by molar-refractivity contribution is -0.286. The molecule has 0 amide bonds. The van der Waals surface area contributed by atoms with Gasteiger partial charge in [-0.05, 0) is 43.3 Å². The molecule has 10 heteroatoms. The van der Waals surface area contributed by atoms with Crippen LogP contribution in [0, 0.1) is 25.2 Å². The largest absolute Gasteiger partial charge is 0.586 e. The van der Waals surface area contributed by atoms with E-state index in [0.717, 1.165) is 10.2 Å². The van der Waals surface area contributed by atoms with E-state index in [0.29, 0.717) is 34.3 Å². The van der Waals surface area contributed by atoms with E-state index < -0.39 is 6.29 Å². The highest BCUT2D eigenvalue weighted by Gasteiger charge is 2.43. The van der Waals surface area contributed by atoms with E-state index in [1.165, 1.54) is 12.1 Å². The third-order valence-corrected chi connectivity index (χ3v) is 5.36. The van der Waals surface area contributed by atoms with Gasteiger partial charge in [0.2, 0.25) is 0 Å². The van der Waals surface area contributed by atoms with Gasteiger partial charge in [-0.2, -0.15) is 5.26 Å². The standard InChI is InChI=1S/C22H13BrF2N4O3/c1-11-27-15(9-26)10-29(11)17-5-4-14(23)8-16(17)20-21(30-12(2)28-20)13-3-6-18-19(7-13)32-22(24,25)31-18/h3-8,10H,1-2H3. The highest BCUT2D eigenvalue weighted by Crippen LogP contribution is 2.45. The summed E-state index contributed by atoms with van der Waals surface area (Å²) in [6.07, 6.45) is -2.08. The van der Waals surface area contributed by atoms with Crippen LogP contribution in [0.25, 0.3) is 28.3 Å². The molecule has 2 aromatic heterocycles. The number of hydrogen-bond donors (Lipinski definition) is 0. The molecule has 0 radical (unpaired) electrons. The summed E-state index contributed by atoms with van der Waals surface area (Å²) in [6.45, 7) is 3.49. The minimum absolute atomic E-state index is 0.0576. The summed E-state index contributed by atoms with van der Waals surface area (Å²) in [7, 11) is 0. The van der Waals surface area contributed by atoms with Crippen molar-refractivity contribution in [1.29, 1.82) is 5.26 Å². The van der Waals surface area contributed by atoms with E-state index in [1.807, 2.05) is 24.3 Å². The molecule has 2 aromatic carbocycles. The van der Waals surface area contributed by atoms with Crippen molar-refractivity contribution in [3.63, 3.8) is 0 Å². The average Bonchev–Trinajstić information content (AvgIpc) is 3.40. The molecule has 3 heterocycles. The fourth-order valence-corrected chi connectivity index (χ4v) is 3.94. The van der Waals surface area contributed by atoms with Gasteiger partial charge in [0.1, 0.15) is 17.6 Å². The molecule has 32 heavy (non-hydrogen) atoms. The molecule has 0 N–H and O–H groups in total. The molecule has 0 saturated carbocycles. The highest BCUT2D eigenvalue weighted by molar-refractivity contribution is 9.10. The number of oxazole rings is 1. The smallest absolute Gasteiger partial charge is 0.440 e. The van der Waals surface area contributed by atoms with Crippen LogP contribution in [0.4, 0.5) is 8.78 Å². The number of aryl methyl sites for hydroxylation is 2. The topological polar surface area (TPSA) is 86.1 Å². The van der Waals surface area contributed by atoms with Crippen LogP contribution in [0.1, 0.15) is 17.4 Å². The number of fused-ring (bicyclic) bond motifs is 1. The molecule has 1 aliphatic rings. The Kier molecular flexibility index (Phi) is 4.53. The van der Waals surface area contributed by atoms with Gasteiger partial charge < -0.3 is 18.5 Å². The number of imidazole rings is 1. The van der Waals surface area contributed by atoms with Gasteiger partial charge in [0.05, 0.1) is 5.69 Å². The van der Waals surface area contributed by atoms with Gasteiger partial charge in [-0.1, -0.05) is 15.9 Å². The van der Waals surface area contributed by atoms with E-state index in [4.69, 9.17) is 4.42 Å². The maximum absolute atomic E-state index is 13.5. The summed E-state index contributed by atoms with van der Waals surface area (Å²) < 4.78 is 44.4. The SMILES string of the molecule is Cc1nc(-c2cc(Br)ccc2-n2cc(C#N)nc2C)c(-c2ccc3c(c2)OC(F)(F)O3)o1. The number of rotatable bonds is 3. The van der Waals surface area contributed by atoms with Crippen molar-refractivity contribution >= 4 is 15.9 Å². The Balaban J connectivity index is 1.68. The minimum atomic E-state index is -3.71. The first-order valence-electron chi connectivity index (χ1n) is 9.38. The summed E-state index contributed by atoms with van der Waals surface area (Å²) in [6, 6.07) is 12.0. The Morgan fingerprint density at radius 1 is 1.06 bits per heavy atom. The zero-order chi connectivity index (χ0) is 22.6. The first-order valence-corrected chi connectivity index (χ1v) is 10.2. The second-order valence-corrected chi connectivity index (χ2v) is 7.97. The molecule has 1 aliphatic heterocycles. The van der Waals surface area contributed by atoms with Gasteiger partial charge in [0.25, 0.3) is 0 Å². The number of hydrogen-bond acceptors (Lipinski definition) is 6. The zero-order valence-electron chi connectivity index (χ0n) is 16.7. The lowest BCUT2D eigenvalue weighted by Crippen LogP contribution is -2.25. The van der Waals surface area contributed by atoms with Crippen molar-refractivity contribution in [3.05, 3.63) is 64.5 Å². The normalized spacial score (nSPS) is 13.9. The Labute approximate surface area is 189 Å². The highest BCUT2D eigenvalue weighted by atomic mass is 79.9. The maximum Gasteiger partial charge on any atom is 0.586 e. The summed E-state index contributed by atoms with van der Waals surface area (Å²) in [5.41, 5.74) is 2.69. The van der Waals surface area contributed by atoms with Crippen LogP contribution >= 0.6 is 15.9 Å². The number of aromatic nitrogens is 3. The van der Waals surface area contributed by atoms with Crippen LogP contribution in [0.2, 0.25) is 0 Å². The summed E-state index contributed by atoms with van der Waals surface area (Å²) in [5.74, 6) is 1.24. The summed E-state index contributed by atoms with van der Waals surface area (Å²) in [5, 5.41) is 9.23. The Hall–Kier alpha value is -3.71. The van der Waals surface area contributed by atoms with E-state index in [1.54, 1.807) is 30.7 Å². The molecule has 0 unspecified atom stereocenters. The van der Waals surface area contributed by atoms with Gasteiger partial charge in [-0.25, -0.2) is 9.97 Å². The Morgan fingerprint density at radius 2 is 1.84 bits per heavy atom. The number of halogens is 3. The molecular weight excluding hydrogens is 486 g/mol. The molecule has 5 rings (SSSR count). The first-order chi connectivity index (χ1) is 15.2. The Bertz CT molecular complexity index is 1420. The second kappa shape index (κ2) is 7.17. The average molecular weight is 499 g/mol. The summed E-state index contributed by atoms with van der Waals surface area (Å²) in [4.78, 5) is 8.80. The molecule has 0 bridgehead atoms. The fourth-order valence-electron chi connectivity index (χ4n) is 3.57. The van der Waals surface area contributed by atoms with Crippen LogP contribution in [0.3, 0.4) is 0 Å². The van der Waals surface area contributed by atoms with Gasteiger partial charge in [0, 0.05) is 28.7 Å². The monoisotopic (exact) mass is 498 g/mol. The first kappa shape index (κ1) is 20.2. The molecule has 0 aliphatic carbocycles. The lowest BCUT2D eigenvalue weighted by atomic mass is 10.0. The van der Waals surface area contributed by atoms with Crippen LogP contribution in [-0.2, 0) is 0 Å². The van der Waals surface area contributed by atoms with Crippen molar-refractivity contribution in [2.24, 2.45) is 0 Å². The quantitative estimate of drug-likeness (QED) is 0.356. The van der Waals surface area contributed by atoms with Crippen molar-refractivity contribution in [3.8, 4) is 45.8 Å². The number of alkyl halides is 2. The van der Waals surface area contributed by atoms with Crippen molar-refractivity contribution < 1.29 is 22.7 Å². The van der Waals surface area contributed by atoms with Gasteiger partial charge >= 0.3 is 6.29 Å². The zero-order valence-corrected chi connectivity index (χ0v) is 18.3. The van der Waals surface area contributed by atoms with Gasteiger partial charge in [-0.3, -0.25) is 0 Å². The molecule has 0 fully saturated rings. The van der Waals surface area contributed by atoms with Crippen LogP contribution in [-0.4, -0.2) is 20.8 Å². The third kappa shape index (κ3) is 3.40. The van der Waals surface area contributed by atoms with Crippen LogP contribution in [0.15, 0.2) is 51.5 Å². The minimum Gasteiger partial charge on any atom is -0.440 e. The van der Waals surface area contributed by atoms with Crippen LogP contribution in [0.5, 0.6) is 11.5 Å². The number of nitrogens with zero attached hydrogens (tertiary/aromatic N) is 4.